The Labute approximate surface area is 179 Å². The van der Waals surface area contributed by atoms with Crippen molar-refractivity contribution in [3.05, 3.63) is 23.0 Å². The number of hydrogen-bond acceptors (Lipinski definition) is 9. The quantitative estimate of drug-likeness (QED) is 0.474. The molecule has 30 heavy (non-hydrogen) atoms. The average molecular weight is 437 g/mol. The van der Waals surface area contributed by atoms with Crippen molar-refractivity contribution in [3.63, 3.8) is 0 Å². The first-order chi connectivity index (χ1) is 14.5. The smallest absolute Gasteiger partial charge is 0.189 e. The monoisotopic (exact) mass is 436 g/mol. The Morgan fingerprint density at radius 2 is 1.70 bits per heavy atom. The number of anilines is 1. The number of benzene rings is 1. The zero-order valence-corrected chi connectivity index (χ0v) is 18.4. The number of aryl methyl sites for hydroxylation is 1. The van der Waals surface area contributed by atoms with Gasteiger partial charge in [-0.25, -0.2) is 9.97 Å². The SMILES string of the molecule is COCCN(CCOC)c1nc(C)nc2c1nnn2-c1c(Cl)cc(OC)cc1OC. The Kier molecular flexibility index (Phi) is 7.24. The fourth-order valence-electron chi connectivity index (χ4n) is 3.03. The number of methoxy groups -OCH3 is 4. The number of fused-ring (bicyclic) bond motifs is 1. The van der Waals surface area contributed by atoms with Gasteiger partial charge in [0.25, 0.3) is 0 Å². The van der Waals surface area contributed by atoms with Crippen LogP contribution in [0.2, 0.25) is 5.02 Å². The number of ether oxygens (including phenoxy) is 4. The molecule has 3 rings (SSSR count). The summed E-state index contributed by atoms with van der Waals surface area (Å²) in [6, 6.07) is 3.42. The first kappa shape index (κ1) is 22.0. The fourth-order valence-corrected chi connectivity index (χ4v) is 3.31. The van der Waals surface area contributed by atoms with Crippen molar-refractivity contribution in [2.24, 2.45) is 0 Å². The summed E-state index contributed by atoms with van der Waals surface area (Å²) in [7, 11) is 6.43. The summed E-state index contributed by atoms with van der Waals surface area (Å²) in [6.45, 7) is 4.11. The van der Waals surface area contributed by atoms with E-state index in [1.165, 1.54) is 0 Å². The van der Waals surface area contributed by atoms with Crippen molar-refractivity contribution in [2.75, 3.05) is 59.6 Å². The number of hydrogen-bond donors (Lipinski definition) is 0. The highest BCUT2D eigenvalue weighted by atomic mass is 35.5. The minimum Gasteiger partial charge on any atom is -0.497 e. The highest BCUT2D eigenvalue weighted by Gasteiger charge is 2.22. The molecule has 162 valence electrons. The van der Waals surface area contributed by atoms with Crippen molar-refractivity contribution < 1.29 is 18.9 Å². The molecule has 11 heteroatoms. The predicted molar refractivity (Wildman–Crippen MR) is 113 cm³/mol. The van der Waals surface area contributed by atoms with Crippen LogP contribution in [0.1, 0.15) is 5.82 Å². The van der Waals surface area contributed by atoms with E-state index in [2.05, 4.69) is 20.3 Å². The Bertz CT molecular complexity index is 1000. The van der Waals surface area contributed by atoms with E-state index in [1.54, 1.807) is 45.3 Å². The molecule has 0 saturated carbocycles. The van der Waals surface area contributed by atoms with Crippen LogP contribution in [-0.4, -0.2) is 79.7 Å². The zero-order chi connectivity index (χ0) is 21.7. The van der Waals surface area contributed by atoms with Gasteiger partial charge in [0.2, 0.25) is 0 Å². The van der Waals surface area contributed by atoms with E-state index in [-0.39, 0.29) is 0 Å². The molecule has 0 atom stereocenters. The van der Waals surface area contributed by atoms with Crippen LogP contribution in [-0.2, 0) is 9.47 Å². The molecule has 0 unspecified atom stereocenters. The summed E-state index contributed by atoms with van der Waals surface area (Å²) in [6.07, 6.45) is 0. The highest BCUT2D eigenvalue weighted by molar-refractivity contribution is 6.33. The van der Waals surface area contributed by atoms with Crippen LogP contribution in [0.25, 0.3) is 16.9 Å². The van der Waals surface area contributed by atoms with Crippen LogP contribution >= 0.6 is 11.6 Å². The summed E-state index contributed by atoms with van der Waals surface area (Å²) in [5, 5.41) is 9.05. The molecular weight excluding hydrogens is 412 g/mol. The molecular formula is C19H25ClN6O4. The Hall–Kier alpha value is -2.69. The van der Waals surface area contributed by atoms with Gasteiger partial charge in [-0.3, -0.25) is 0 Å². The second kappa shape index (κ2) is 9.88. The maximum absolute atomic E-state index is 6.53. The molecule has 2 aromatic heterocycles. The summed E-state index contributed by atoms with van der Waals surface area (Å²) >= 11 is 6.53. The summed E-state index contributed by atoms with van der Waals surface area (Å²) in [5.74, 6) is 2.28. The molecule has 0 bridgehead atoms. The van der Waals surface area contributed by atoms with Crippen molar-refractivity contribution in [1.82, 2.24) is 25.0 Å². The maximum atomic E-state index is 6.53. The van der Waals surface area contributed by atoms with Crippen molar-refractivity contribution in [1.29, 1.82) is 0 Å². The molecule has 10 nitrogen and oxygen atoms in total. The van der Waals surface area contributed by atoms with E-state index in [0.717, 1.165) is 0 Å². The lowest BCUT2D eigenvalue weighted by molar-refractivity contribution is 0.190. The van der Waals surface area contributed by atoms with Gasteiger partial charge in [0.15, 0.2) is 17.0 Å². The van der Waals surface area contributed by atoms with Gasteiger partial charge >= 0.3 is 0 Å². The van der Waals surface area contributed by atoms with E-state index >= 15 is 0 Å². The number of nitrogens with zero attached hydrogens (tertiary/aromatic N) is 6. The predicted octanol–water partition coefficient (Wildman–Crippen LogP) is 2.29. The van der Waals surface area contributed by atoms with Crippen LogP contribution in [0.4, 0.5) is 5.82 Å². The number of rotatable bonds is 10. The van der Waals surface area contributed by atoms with Crippen LogP contribution < -0.4 is 14.4 Å². The molecule has 2 heterocycles. The standard InChI is InChI=1S/C19H25ClN6O4/c1-12-21-18(25(6-8-27-2)7-9-28-3)16-19(22-12)26(24-23-16)17-14(20)10-13(29-4)11-15(17)30-5/h10-11H,6-9H2,1-5H3. The molecule has 0 saturated heterocycles. The lowest BCUT2D eigenvalue weighted by Gasteiger charge is -2.23. The lowest BCUT2D eigenvalue weighted by atomic mass is 10.2. The van der Waals surface area contributed by atoms with Gasteiger partial charge in [0.05, 0.1) is 32.5 Å². The second-order valence-corrected chi connectivity index (χ2v) is 6.81. The molecule has 0 N–H and O–H groups in total. The van der Waals surface area contributed by atoms with Crippen LogP contribution in [0.3, 0.4) is 0 Å². The molecule has 0 spiro atoms. The molecule has 0 amide bonds. The van der Waals surface area contributed by atoms with E-state index in [0.29, 0.717) is 71.3 Å². The molecule has 0 aliphatic heterocycles. The van der Waals surface area contributed by atoms with Gasteiger partial charge in [0, 0.05) is 39.4 Å². The fraction of sp³-hybridized carbons (Fsp3) is 0.474. The van der Waals surface area contributed by atoms with E-state index < -0.39 is 0 Å². The van der Waals surface area contributed by atoms with E-state index in [4.69, 9.17) is 30.5 Å². The van der Waals surface area contributed by atoms with Gasteiger partial charge in [-0.05, 0) is 6.92 Å². The number of aromatic nitrogens is 5. The third kappa shape index (κ3) is 4.40. The minimum atomic E-state index is 0.395. The van der Waals surface area contributed by atoms with Crippen molar-refractivity contribution >= 4 is 28.6 Å². The largest absolute Gasteiger partial charge is 0.497 e. The van der Waals surface area contributed by atoms with Gasteiger partial charge < -0.3 is 23.8 Å². The Morgan fingerprint density at radius 3 is 2.30 bits per heavy atom. The van der Waals surface area contributed by atoms with Crippen molar-refractivity contribution in [2.45, 2.75) is 6.92 Å². The first-order valence-corrected chi connectivity index (χ1v) is 9.66. The van der Waals surface area contributed by atoms with Crippen LogP contribution in [0.5, 0.6) is 11.5 Å². The van der Waals surface area contributed by atoms with Crippen LogP contribution in [0, 0.1) is 6.92 Å². The Morgan fingerprint density at radius 1 is 1.00 bits per heavy atom. The first-order valence-electron chi connectivity index (χ1n) is 9.28. The molecule has 0 aliphatic rings. The molecule has 0 aliphatic carbocycles. The zero-order valence-electron chi connectivity index (χ0n) is 17.7. The van der Waals surface area contributed by atoms with Gasteiger partial charge in [-0.1, -0.05) is 16.8 Å². The lowest BCUT2D eigenvalue weighted by Crippen LogP contribution is -2.32. The number of halogens is 1. The van der Waals surface area contributed by atoms with E-state index in [1.807, 2.05) is 11.8 Å². The molecule has 0 radical (unpaired) electrons. The molecule has 1 aromatic carbocycles. The van der Waals surface area contributed by atoms with Gasteiger partial charge in [0.1, 0.15) is 23.0 Å². The summed E-state index contributed by atoms with van der Waals surface area (Å²) in [4.78, 5) is 11.2. The van der Waals surface area contributed by atoms with Crippen LogP contribution in [0.15, 0.2) is 12.1 Å². The second-order valence-electron chi connectivity index (χ2n) is 6.40. The topological polar surface area (TPSA) is 96.7 Å². The third-order valence-electron chi connectivity index (χ3n) is 4.49. The Balaban J connectivity index is 2.17. The molecule has 0 fully saturated rings. The van der Waals surface area contributed by atoms with E-state index in [9.17, 15) is 0 Å². The minimum absolute atomic E-state index is 0.395. The highest BCUT2D eigenvalue weighted by Crippen LogP contribution is 2.36. The van der Waals surface area contributed by atoms with Gasteiger partial charge in [-0.2, -0.15) is 4.68 Å². The average Bonchev–Trinajstić information content (AvgIpc) is 3.15. The molecule has 3 aromatic rings. The summed E-state index contributed by atoms with van der Waals surface area (Å²) in [5.41, 5.74) is 1.58. The normalized spacial score (nSPS) is 11.1. The van der Waals surface area contributed by atoms with Gasteiger partial charge in [-0.15, -0.1) is 5.10 Å². The summed E-state index contributed by atoms with van der Waals surface area (Å²) < 4.78 is 22.8. The van der Waals surface area contributed by atoms with Crippen molar-refractivity contribution in [3.8, 4) is 17.2 Å². The third-order valence-corrected chi connectivity index (χ3v) is 4.78. The maximum Gasteiger partial charge on any atom is 0.189 e.